The Bertz CT molecular complexity index is 410. The van der Waals surface area contributed by atoms with E-state index >= 15 is 0 Å². The predicted molar refractivity (Wildman–Crippen MR) is 82.5 cm³/mol. The zero-order chi connectivity index (χ0) is 15.0. The van der Waals surface area contributed by atoms with Crippen LogP contribution in [0.2, 0.25) is 0 Å². The first-order valence-corrected chi connectivity index (χ1v) is 7.33. The normalized spacial score (nSPS) is 13.6. The van der Waals surface area contributed by atoms with Crippen LogP contribution in [0.25, 0.3) is 0 Å². The number of hydrogen-bond acceptors (Lipinski definition) is 3. The van der Waals surface area contributed by atoms with E-state index in [-0.39, 0.29) is 0 Å². The minimum absolute atomic E-state index is 0.416. The van der Waals surface area contributed by atoms with Crippen molar-refractivity contribution in [1.29, 1.82) is 0 Å². The highest BCUT2D eigenvalue weighted by Crippen LogP contribution is 2.08. The van der Waals surface area contributed by atoms with Crippen molar-refractivity contribution < 1.29 is 0 Å². The summed E-state index contributed by atoms with van der Waals surface area (Å²) in [5.41, 5.74) is 0. The average molecular weight is 280 g/mol. The Balaban J connectivity index is 2.30. The van der Waals surface area contributed by atoms with Crippen molar-refractivity contribution in [3.63, 3.8) is 0 Å². The fraction of sp³-hybridized carbons (Fsp3) is 0.786. The molecule has 0 aliphatic carbocycles. The summed E-state index contributed by atoms with van der Waals surface area (Å²) >= 11 is 0. The van der Waals surface area contributed by atoms with Gasteiger partial charge in [0.15, 0.2) is 11.8 Å². The number of rotatable bonds is 7. The first-order chi connectivity index (χ1) is 9.52. The number of aryl methyl sites for hydroxylation is 1. The summed E-state index contributed by atoms with van der Waals surface area (Å²) in [4.78, 5) is 4.24. The molecular weight excluding hydrogens is 252 g/mol. The van der Waals surface area contributed by atoms with Crippen LogP contribution in [0.5, 0.6) is 0 Å². The largest absolute Gasteiger partial charge is 0.354 e. The zero-order valence-electron chi connectivity index (χ0n) is 13.3. The van der Waals surface area contributed by atoms with Crippen LogP contribution in [0.4, 0.5) is 0 Å². The van der Waals surface area contributed by atoms with Crippen molar-refractivity contribution in [3.05, 3.63) is 12.2 Å². The maximum Gasteiger partial charge on any atom is 0.191 e. The third kappa shape index (κ3) is 6.04. The van der Waals surface area contributed by atoms with Gasteiger partial charge in [-0.15, -0.1) is 10.2 Å². The highest BCUT2D eigenvalue weighted by molar-refractivity contribution is 5.79. The van der Waals surface area contributed by atoms with Gasteiger partial charge in [-0.05, 0) is 19.3 Å². The Kier molecular flexibility index (Phi) is 7.04. The van der Waals surface area contributed by atoms with Crippen LogP contribution in [0.1, 0.15) is 45.9 Å². The topological polar surface area (TPSA) is 67.1 Å². The van der Waals surface area contributed by atoms with Crippen molar-refractivity contribution >= 4 is 5.96 Å². The van der Waals surface area contributed by atoms with E-state index in [0.717, 1.165) is 24.1 Å². The summed E-state index contributed by atoms with van der Waals surface area (Å²) in [6.07, 6.45) is 5.37. The standard InChI is InChI=1S/C14H28N6/c1-11(2)7-6-8-12(3)18-14(15-4)16-9-13-19-17-10-20(13)5/h10-12H,6-9H2,1-5H3,(H2,15,16,18). The summed E-state index contributed by atoms with van der Waals surface area (Å²) in [5.74, 6) is 2.47. The van der Waals surface area contributed by atoms with Crippen LogP contribution < -0.4 is 10.6 Å². The third-order valence-electron chi connectivity index (χ3n) is 3.24. The first kappa shape index (κ1) is 16.5. The van der Waals surface area contributed by atoms with E-state index in [1.165, 1.54) is 12.8 Å². The lowest BCUT2D eigenvalue weighted by Crippen LogP contribution is -2.42. The summed E-state index contributed by atoms with van der Waals surface area (Å²) in [6, 6.07) is 0.416. The fourth-order valence-corrected chi connectivity index (χ4v) is 1.96. The van der Waals surface area contributed by atoms with E-state index in [1.807, 2.05) is 11.6 Å². The van der Waals surface area contributed by atoms with E-state index in [9.17, 15) is 0 Å². The van der Waals surface area contributed by atoms with Gasteiger partial charge in [0.05, 0.1) is 6.54 Å². The van der Waals surface area contributed by atoms with E-state index in [2.05, 4.69) is 46.6 Å². The Labute approximate surface area is 122 Å². The van der Waals surface area contributed by atoms with E-state index in [4.69, 9.17) is 0 Å². The molecule has 6 heteroatoms. The lowest BCUT2D eigenvalue weighted by molar-refractivity contribution is 0.491. The lowest BCUT2D eigenvalue weighted by atomic mass is 10.0. The van der Waals surface area contributed by atoms with Crippen LogP contribution >= 0.6 is 0 Å². The van der Waals surface area contributed by atoms with Crippen molar-refractivity contribution in [2.75, 3.05) is 7.05 Å². The van der Waals surface area contributed by atoms with Crippen LogP contribution in [-0.4, -0.2) is 33.8 Å². The van der Waals surface area contributed by atoms with Crippen LogP contribution in [0, 0.1) is 5.92 Å². The van der Waals surface area contributed by atoms with Gasteiger partial charge in [-0.2, -0.15) is 0 Å². The molecular formula is C14H28N6. The molecule has 0 aromatic carbocycles. The molecule has 0 aliphatic rings. The van der Waals surface area contributed by atoms with Gasteiger partial charge in [0.2, 0.25) is 0 Å². The molecule has 2 N–H and O–H groups in total. The van der Waals surface area contributed by atoms with Gasteiger partial charge < -0.3 is 15.2 Å². The second-order valence-corrected chi connectivity index (χ2v) is 5.65. The fourth-order valence-electron chi connectivity index (χ4n) is 1.96. The molecule has 1 atom stereocenters. The van der Waals surface area contributed by atoms with Crippen molar-refractivity contribution in [3.8, 4) is 0 Å². The van der Waals surface area contributed by atoms with Gasteiger partial charge in [-0.3, -0.25) is 4.99 Å². The van der Waals surface area contributed by atoms with E-state index in [1.54, 1.807) is 13.4 Å². The van der Waals surface area contributed by atoms with E-state index in [0.29, 0.717) is 12.6 Å². The molecule has 0 spiro atoms. The van der Waals surface area contributed by atoms with Gasteiger partial charge in [-0.1, -0.05) is 26.7 Å². The van der Waals surface area contributed by atoms with Gasteiger partial charge in [0.1, 0.15) is 6.33 Å². The summed E-state index contributed by atoms with van der Waals surface area (Å²) < 4.78 is 1.90. The minimum atomic E-state index is 0.416. The maximum atomic E-state index is 4.24. The lowest BCUT2D eigenvalue weighted by Gasteiger charge is -2.18. The van der Waals surface area contributed by atoms with Crippen molar-refractivity contribution in [2.24, 2.45) is 18.0 Å². The molecule has 0 amide bonds. The number of hydrogen-bond donors (Lipinski definition) is 2. The van der Waals surface area contributed by atoms with Crippen molar-refractivity contribution in [2.45, 2.75) is 52.6 Å². The highest BCUT2D eigenvalue weighted by atomic mass is 15.3. The number of aromatic nitrogens is 3. The molecule has 0 saturated heterocycles. The predicted octanol–water partition coefficient (Wildman–Crippen LogP) is 1.69. The maximum absolute atomic E-state index is 4.24. The Hall–Kier alpha value is -1.59. The molecule has 1 unspecified atom stereocenters. The number of nitrogens with one attached hydrogen (secondary N) is 2. The van der Waals surface area contributed by atoms with Crippen LogP contribution in [0.15, 0.2) is 11.3 Å². The van der Waals surface area contributed by atoms with Crippen LogP contribution in [0.3, 0.4) is 0 Å². The second kappa shape index (κ2) is 8.55. The number of aliphatic imine (C=N–C) groups is 1. The summed E-state index contributed by atoms with van der Waals surface area (Å²) in [7, 11) is 3.72. The molecule has 6 nitrogen and oxygen atoms in total. The monoisotopic (exact) mass is 280 g/mol. The summed E-state index contributed by atoms with van der Waals surface area (Å²) in [6.45, 7) is 7.34. The molecule has 0 bridgehead atoms. The van der Waals surface area contributed by atoms with Gasteiger partial charge in [0.25, 0.3) is 0 Å². The molecule has 20 heavy (non-hydrogen) atoms. The molecule has 0 fully saturated rings. The second-order valence-electron chi connectivity index (χ2n) is 5.65. The van der Waals surface area contributed by atoms with Gasteiger partial charge in [-0.25, -0.2) is 0 Å². The quantitative estimate of drug-likeness (QED) is 0.589. The molecule has 1 rings (SSSR count). The Morgan fingerprint density at radius 1 is 1.35 bits per heavy atom. The molecule has 0 radical (unpaired) electrons. The molecule has 114 valence electrons. The molecule has 1 aromatic heterocycles. The molecule has 1 aromatic rings. The first-order valence-electron chi connectivity index (χ1n) is 7.33. The minimum Gasteiger partial charge on any atom is -0.354 e. The third-order valence-corrected chi connectivity index (χ3v) is 3.24. The van der Waals surface area contributed by atoms with Crippen molar-refractivity contribution in [1.82, 2.24) is 25.4 Å². The van der Waals surface area contributed by atoms with Gasteiger partial charge in [0, 0.05) is 20.1 Å². The zero-order valence-corrected chi connectivity index (χ0v) is 13.3. The molecule has 1 heterocycles. The SMILES string of the molecule is CN=C(NCc1nncn1C)NC(C)CCCC(C)C. The van der Waals surface area contributed by atoms with Crippen LogP contribution in [-0.2, 0) is 13.6 Å². The van der Waals surface area contributed by atoms with Gasteiger partial charge >= 0.3 is 0 Å². The molecule has 0 aliphatic heterocycles. The number of guanidine groups is 1. The highest BCUT2D eigenvalue weighted by Gasteiger charge is 2.07. The average Bonchev–Trinajstić information content (AvgIpc) is 2.79. The summed E-state index contributed by atoms with van der Waals surface area (Å²) in [5, 5.41) is 14.6. The Morgan fingerprint density at radius 3 is 2.65 bits per heavy atom. The Morgan fingerprint density at radius 2 is 2.10 bits per heavy atom. The molecule has 0 saturated carbocycles. The smallest absolute Gasteiger partial charge is 0.191 e. The number of nitrogens with zero attached hydrogens (tertiary/aromatic N) is 4. The van der Waals surface area contributed by atoms with E-state index < -0.39 is 0 Å².